The topological polar surface area (TPSA) is 105 Å². The number of morpholine rings is 1. The third-order valence-corrected chi connectivity index (χ3v) is 5.76. The molecule has 2 heterocycles. The molecule has 0 atom stereocenters. The molecule has 2 aliphatic heterocycles. The molecule has 2 aliphatic rings. The van der Waals surface area contributed by atoms with Crippen LogP contribution in [0.2, 0.25) is 0 Å². The van der Waals surface area contributed by atoms with Crippen molar-refractivity contribution in [1.82, 2.24) is 4.90 Å². The second-order valence-electron chi connectivity index (χ2n) is 8.25. The van der Waals surface area contributed by atoms with Crippen LogP contribution in [-0.4, -0.2) is 61.0 Å². The first-order valence-corrected chi connectivity index (χ1v) is 11.5. The number of hydrogen-bond acceptors (Lipinski definition) is 7. The molecule has 1 N–H and O–H groups in total. The molecule has 4 rings (SSSR count). The molecule has 182 valence electrons. The first-order chi connectivity index (χ1) is 16.8. The normalized spacial score (nSPS) is 16.2. The zero-order valence-electron chi connectivity index (χ0n) is 19.2. The number of esters is 1. The highest BCUT2D eigenvalue weighted by Gasteiger charge is 2.39. The smallest absolute Gasteiger partial charge is 0.338 e. The molecule has 0 aromatic heterocycles. The van der Waals surface area contributed by atoms with E-state index < -0.39 is 17.8 Å². The summed E-state index contributed by atoms with van der Waals surface area (Å²) in [6.45, 7) is 5.46. The number of benzene rings is 2. The highest BCUT2D eigenvalue weighted by Crippen LogP contribution is 2.30. The molecule has 0 unspecified atom stereocenters. The van der Waals surface area contributed by atoms with E-state index in [0.717, 1.165) is 4.90 Å². The molecule has 0 radical (unpaired) electrons. The summed E-state index contributed by atoms with van der Waals surface area (Å²) in [5, 5.41) is 2.61. The van der Waals surface area contributed by atoms with Crippen molar-refractivity contribution in [2.75, 3.05) is 36.5 Å². The Balaban J connectivity index is 1.50. The van der Waals surface area contributed by atoms with Crippen LogP contribution in [-0.2, 0) is 19.1 Å². The minimum atomic E-state index is -0.697. The molecule has 35 heavy (non-hydrogen) atoms. The highest BCUT2D eigenvalue weighted by atomic mass is 35.5. The summed E-state index contributed by atoms with van der Waals surface area (Å²) < 4.78 is 10.4. The second-order valence-corrected chi connectivity index (χ2v) is 8.62. The van der Waals surface area contributed by atoms with Crippen LogP contribution in [0.1, 0.15) is 34.6 Å². The summed E-state index contributed by atoms with van der Waals surface area (Å²) in [5.41, 5.74) is 1.32. The van der Waals surface area contributed by atoms with Gasteiger partial charge in [0.2, 0.25) is 0 Å². The zero-order valence-corrected chi connectivity index (χ0v) is 20.0. The van der Waals surface area contributed by atoms with Gasteiger partial charge in [0.15, 0.2) is 0 Å². The first-order valence-electron chi connectivity index (χ1n) is 11.1. The molecule has 0 aliphatic carbocycles. The Morgan fingerprint density at radius 1 is 1.00 bits per heavy atom. The third-order valence-electron chi connectivity index (χ3n) is 5.41. The molecular weight excluding hydrogens is 474 g/mol. The number of hydrogen-bond donors (Lipinski definition) is 1. The molecule has 2 aromatic carbocycles. The lowest BCUT2D eigenvalue weighted by Gasteiger charge is -2.27. The van der Waals surface area contributed by atoms with Gasteiger partial charge >= 0.3 is 5.97 Å². The number of halogens is 1. The number of carbonyl (C=O) groups excluding carboxylic acids is 4. The van der Waals surface area contributed by atoms with Crippen molar-refractivity contribution >= 4 is 46.7 Å². The quantitative estimate of drug-likeness (QED) is 0.482. The molecular formula is C25H24ClN3O6. The van der Waals surface area contributed by atoms with Gasteiger partial charge in [-0.2, -0.15) is 0 Å². The van der Waals surface area contributed by atoms with Crippen molar-refractivity contribution in [3.05, 3.63) is 70.4 Å². The SMILES string of the molecule is CC(C)OC(=O)c1ccc(N2C(=O)C(Cl)=C(Nc3cccc(C(=O)N4CCOCC4)c3)C2=O)cc1. The average Bonchev–Trinajstić information content (AvgIpc) is 3.07. The monoisotopic (exact) mass is 497 g/mol. The summed E-state index contributed by atoms with van der Waals surface area (Å²) in [7, 11) is 0. The lowest BCUT2D eigenvalue weighted by Crippen LogP contribution is -2.40. The molecule has 0 bridgehead atoms. The van der Waals surface area contributed by atoms with Gasteiger partial charge in [0.05, 0.1) is 30.6 Å². The van der Waals surface area contributed by atoms with Gasteiger partial charge in [-0.1, -0.05) is 17.7 Å². The largest absolute Gasteiger partial charge is 0.459 e. The fourth-order valence-corrected chi connectivity index (χ4v) is 3.91. The van der Waals surface area contributed by atoms with E-state index in [1.54, 1.807) is 43.0 Å². The van der Waals surface area contributed by atoms with Crippen molar-refractivity contribution in [3.8, 4) is 0 Å². The van der Waals surface area contributed by atoms with E-state index in [9.17, 15) is 19.2 Å². The Bertz CT molecular complexity index is 1200. The molecule has 9 nitrogen and oxygen atoms in total. The van der Waals surface area contributed by atoms with Crippen LogP contribution in [0.25, 0.3) is 0 Å². The zero-order chi connectivity index (χ0) is 25.1. The third kappa shape index (κ3) is 5.21. The number of nitrogens with zero attached hydrogens (tertiary/aromatic N) is 2. The van der Waals surface area contributed by atoms with Gasteiger partial charge in [-0.3, -0.25) is 14.4 Å². The van der Waals surface area contributed by atoms with Crippen molar-refractivity contribution < 1.29 is 28.7 Å². The van der Waals surface area contributed by atoms with Crippen LogP contribution in [0.15, 0.2) is 59.3 Å². The Morgan fingerprint density at radius 2 is 1.69 bits per heavy atom. The lowest BCUT2D eigenvalue weighted by molar-refractivity contribution is -0.120. The Labute approximate surface area is 207 Å². The van der Waals surface area contributed by atoms with E-state index in [-0.39, 0.29) is 28.4 Å². The number of nitrogens with one attached hydrogen (secondary N) is 1. The molecule has 1 fully saturated rings. The molecule has 2 aromatic rings. The Kier molecular flexibility index (Phi) is 7.18. The van der Waals surface area contributed by atoms with Crippen LogP contribution in [0.3, 0.4) is 0 Å². The lowest BCUT2D eigenvalue weighted by atomic mass is 10.1. The van der Waals surface area contributed by atoms with Gasteiger partial charge in [-0.25, -0.2) is 9.69 Å². The summed E-state index contributed by atoms with van der Waals surface area (Å²) in [6, 6.07) is 12.5. The maximum absolute atomic E-state index is 13.1. The molecule has 1 saturated heterocycles. The molecule has 10 heteroatoms. The summed E-state index contributed by atoms with van der Waals surface area (Å²) in [6.07, 6.45) is -0.275. The molecule has 0 spiro atoms. The minimum absolute atomic E-state index is 0.101. The number of amides is 3. The number of carbonyl (C=O) groups is 4. The van der Waals surface area contributed by atoms with Gasteiger partial charge in [0.25, 0.3) is 17.7 Å². The highest BCUT2D eigenvalue weighted by molar-refractivity contribution is 6.53. The molecule has 3 amide bonds. The van der Waals surface area contributed by atoms with Gasteiger partial charge in [-0.15, -0.1) is 0 Å². The Morgan fingerprint density at radius 3 is 2.34 bits per heavy atom. The second kappa shape index (κ2) is 10.3. The summed E-state index contributed by atoms with van der Waals surface area (Å²) in [4.78, 5) is 53.3. The maximum Gasteiger partial charge on any atom is 0.338 e. The van der Waals surface area contributed by atoms with E-state index >= 15 is 0 Å². The predicted molar refractivity (Wildman–Crippen MR) is 129 cm³/mol. The maximum atomic E-state index is 13.1. The van der Waals surface area contributed by atoms with E-state index in [2.05, 4.69) is 5.32 Å². The van der Waals surface area contributed by atoms with E-state index in [4.69, 9.17) is 21.1 Å². The number of ether oxygens (including phenoxy) is 2. The van der Waals surface area contributed by atoms with E-state index in [1.807, 2.05) is 0 Å². The minimum Gasteiger partial charge on any atom is -0.459 e. The first kappa shape index (κ1) is 24.4. The van der Waals surface area contributed by atoms with E-state index in [1.165, 1.54) is 24.3 Å². The van der Waals surface area contributed by atoms with E-state index in [0.29, 0.717) is 43.1 Å². The fraction of sp³-hybridized carbons (Fsp3) is 0.280. The Hall–Kier alpha value is -3.69. The summed E-state index contributed by atoms with van der Waals surface area (Å²) in [5.74, 6) is -2.00. The van der Waals surface area contributed by atoms with Crippen molar-refractivity contribution in [2.24, 2.45) is 0 Å². The van der Waals surface area contributed by atoms with Crippen LogP contribution >= 0.6 is 11.6 Å². The fourth-order valence-electron chi connectivity index (χ4n) is 3.70. The van der Waals surface area contributed by atoms with Crippen LogP contribution < -0.4 is 10.2 Å². The van der Waals surface area contributed by atoms with Crippen LogP contribution in [0.5, 0.6) is 0 Å². The number of imide groups is 1. The predicted octanol–water partition coefficient (Wildman–Crippen LogP) is 3.16. The number of rotatable bonds is 6. The van der Waals surface area contributed by atoms with Crippen LogP contribution in [0.4, 0.5) is 11.4 Å². The van der Waals surface area contributed by atoms with Gasteiger partial charge in [-0.05, 0) is 56.3 Å². The average molecular weight is 498 g/mol. The molecule has 0 saturated carbocycles. The summed E-state index contributed by atoms with van der Waals surface area (Å²) >= 11 is 6.22. The van der Waals surface area contributed by atoms with Gasteiger partial charge < -0.3 is 19.7 Å². The standard InChI is InChI=1S/C25H24ClN3O6/c1-15(2)35-25(33)16-6-8-19(9-7-16)29-23(31)20(26)21(24(29)32)27-18-5-3-4-17(14-18)22(30)28-10-12-34-13-11-28/h3-9,14-15,27H,10-13H2,1-2H3. The van der Waals surface area contributed by atoms with Crippen molar-refractivity contribution in [3.63, 3.8) is 0 Å². The van der Waals surface area contributed by atoms with Gasteiger partial charge in [0, 0.05) is 24.3 Å². The van der Waals surface area contributed by atoms with Crippen molar-refractivity contribution in [1.29, 1.82) is 0 Å². The van der Waals surface area contributed by atoms with Crippen LogP contribution in [0, 0.1) is 0 Å². The number of anilines is 2. The van der Waals surface area contributed by atoms with Gasteiger partial charge in [0.1, 0.15) is 10.7 Å². The van der Waals surface area contributed by atoms with Crippen molar-refractivity contribution in [2.45, 2.75) is 20.0 Å².